The highest BCUT2D eigenvalue weighted by molar-refractivity contribution is 5.91. The Labute approximate surface area is 195 Å². The van der Waals surface area contributed by atoms with E-state index < -0.39 is 0 Å². The number of hydroxylamine groups is 1. The van der Waals surface area contributed by atoms with Crippen LogP contribution in [0.2, 0.25) is 0 Å². The molecule has 2 aliphatic rings. The van der Waals surface area contributed by atoms with Gasteiger partial charge in [0, 0.05) is 70.2 Å². The van der Waals surface area contributed by atoms with Gasteiger partial charge in [-0.05, 0) is 49.6 Å². The molecule has 0 unspecified atom stereocenters. The van der Waals surface area contributed by atoms with Crippen LogP contribution in [0.3, 0.4) is 0 Å². The monoisotopic (exact) mass is 455 g/mol. The topological polar surface area (TPSA) is 60.1 Å². The number of anilines is 1. The minimum atomic E-state index is -0.329. The minimum absolute atomic E-state index is 0.00294. The SMILES string of the molecule is C[C@H]1CN(Cc2ccc(N(C)C(=O)N3CCC(NOc4cccc(F)c4)CC3)cc2)CCN1. The number of nitrogens with one attached hydrogen (secondary N) is 2. The summed E-state index contributed by atoms with van der Waals surface area (Å²) >= 11 is 0. The number of rotatable bonds is 6. The predicted octanol–water partition coefficient (Wildman–Crippen LogP) is 3.22. The Morgan fingerprint density at radius 2 is 1.94 bits per heavy atom. The second kappa shape index (κ2) is 11.0. The van der Waals surface area contributed by atoms with Crippen LogP contribution < -0.4 is 20.5 Å². The highest BCUT2D eigenvalue weighted by Gasteiger charge is 2.26. The van der Waals surface area contributed by atoms with Gasteiger partial charge in [0.1, 0.15) is 11.6 Å². The van der Waals surface area contributed by atoms with E-state index in [9.17, 15) is 9.18 Å². The van der Waals surface area contributed by atoms with Crippen molar-refractivity contribution in [2.24, 2.45) is 0 Å². The van der Waals surface area contributed by atoms with Crippen molar-refractivity contribution in [2.45, 2.75) is 38.4 Å². The molecule has 0 radical (unpaired) electrons. The van der Waals surface area contributed by atoms with Crippen molar-refractivity contribution in [3.05, 3.63) is 59.9 Å². The van der Waals surface area contributed by atoms with Crippen molar-refractivity contribution in [2.75, 3.05) is 44.7 Å². The molecule has 8 heteroatoms. The molecule has 2 aliphatic heterocycles. The average Bonchev–Trinajstić information content (AvgIpc) is 2.83. The Morgan fingerprint density at radius 3 is 2.64 bits per heavy atom. The summed E-state index contributed by atoms with van der Waals surface area (Å²) in [6, 6.07) is 15.0. The lowest BCUT2D eigenvalue weighted by Gasteiger charge is -2.34. The molecule has 2 aromatic carbocycles. The number of likely N-dealkylation sites (tertiary alicyclic amines) is 1. The maximum Gasteiger partial charge on any atom is 0.324 e. The van der Waals surface area contributed by atoms with Gasteiger partial charge in [0.25, 0.3) is 0 Å². The maximum absolute atomic E-state index is 13.3. The van der Waals surface area contributed by atoms with E-state index in [0.717, 1.165) is 44.7 Å². The molecule has 1 atom stereocenters. The van der Waals surface area contributed by atoms with Gasteiger partial charge in [0.05, 0.1) is 0 Å². The molecule has 4 rings (SSSR count). The number of hydrogen-bond acceptors (Lipinski definition) is 5. The summed E-state index contributed by atoms with van der Waals surface area (Å²) < 4.78 is 13.3. The number of halogens is 1. The molecule has 7 nitrogen and oxygen atoms in total. The first-order valence-corrected chi connectivity index (χ1v) is 11.7. The number of amides is 2. The van der Waals surface area contributed by atoms with Gasteiger partial charge in [-0.3, -0.25) is 9.80 Å². The fourth-order valence-electron chi connectivity index (χ4n) is 4.43. The van der Waals surface area contributed by atoms with Gasteiger partial charge >= 0.3 is 6.03 Å². The predicted molar refractivity (Wildman–Crippen MR) is 128 cm³/mol. The van der Waals surface area contributed by atoms with Gasteiger partial charge in [-0.1, -0.05) is 18.2 Å². The van der Waals surface area contributed by atoms with Crippen LogP contribution in [-0.4, -0.2) is 67.7 Å². The van der Waals surface area contributed by atoms with Crippen LogP contribution in [0.25, 0.3) is 0 Å². The van der Waals surface area contributed by atoms with Gasteiger partial charge in [-0.25, -0.2) is 9.18 Å². The first-order chi connectivity index (χ1) is 16.0. The van der Waals surface area contributed by atoms with Crippen LogP contribution in [-0.2, 0) is 6.54 Å². The number of carbonyl (C=O) groups excluding carboxylic acids is 1. The standard InChI is InChI=1S/C25H34FN5O2/c1-19-17-30(15-12-27-19)18-20-6-8-23(9-7-20)29(2)25(32)31-13-10-22(11-14-31)28-33-24-5-3-4-21(26)16-24/h3-9,16,19,22,27-28H,10-15,17-18H2,1-2H3/t19-/m0/s1. The number of benzene rings is 2. The van der Waals surface area contributed by atoms with Crippen molar-refractivity contribution >= 4 is 11.7 Å². The number of urea groups is 1. The Hall–Kier alpha value is -2.68. The average molecular weight is 456 g/mol. The third-order valence-corrected chi connectivity index (χ3v) is 6.37. The number of hydrogen-bond donors (Lipinski definition) is 2. The Kier molecular flexibility index (Phi) is 7.80. The normalized spacial score (nSPS) is 20.0. The smallest absolute Gasteiger partial charge is 0.324 e. The first-order valence-electron chi connectivity index (χ1n) is 11.7. The van der Waals surface area contributed by atoms with Crippen molar-refractivity contribution in [3.8, 4) is 5.75 Å². The highest BCUT2D eigenvalue weighted by atomic mass is 19.1. The van der Waals surface area contributed by atoms with Crippen LogP contribution in [0.4, 0.5) is 14.9 Å². The van der Waals surface area contributed by atoms with E-state index in [1.54, 1.807) is 17.0 Å². The number of carbonyl (C=O) groups is 1. The number of piperidine rings is 1. The van der Waals surface area contributed by atoms with Crippen LogP contribution in [0.15, 0.2) is 48.5 Å². The highest BCUT2D eigenvalue weighted by Crippen LogP contribution is 2.20. The maximum atomic E-state index is 13.3. The Morgan fingerprint density at radius 1 is 1.18 bits per heavy atom. The Balaban J connectivity index is 1.23. The first kappa shape index (κ1) is 23.5. The lowest BCUT2D eigenvalue weighted by Crippen LogP contribution is -2.49. The van der Waals surface area contributed by atoms with E-state index in [4.69, 9.17) is 4.84 Å². The lowest BCUT2D eigenvalue weighted by atomic mass is 10.1. The third-order valence-electron chi connectivity index (χ3n) is 6.37. The molecule has 178 valence electrons. The van der Waals surface area contributed by atoms with Gasteiger partial charge in [-0.15, -0.1) is 0 Å². The summed E-state index contributed by atoms with van der Waals surface area (Å²) in [5.74, 6) is 0.118. The third kappa shape index (κ3) is 6.43. The molecule has 2 N–H and O–H groups in total. The van der Waals surface area contributed by atoms with Gasteiger partial charge in [0.15, 0.2) is 0 Å². The summed E-state index contributed by atoms with van der Waals surface area (Å²) in [6.07, 6.45) is 1.55. The molecular weight excluding hydrogens is 421 g/mol. The van der Waals surface area contributed by atoms with Crippen LogP contribution in [0, 0.1) is 5.82 Å². The zero-order valence-electron chi connectivity index (χ0n) is 19.5. The van der Waals surface area contributed by atoms with Crippen molar-refractivity contribution < 1.29 is 14.0 Å². The fraction of sp³-hybridized carbons (Fsp3) is 0.480. The quantitative estimate of drug-likeness (QED) is 0.655. The second-order valence-electron chi connectivity index (χ2n) is 9.04. The number of nitrogens with zero attached hydrogens (tertiary/aromatic N) is 3. The van der Waals surface area contributed by atoms with E-state index in [2.05, 4.69) is 34.8 Å². The largest absolute Gasteiger partial charge is 0.408 e. The van der Waals surface area contributed by atoms with Crippen LogP contribution in [0.1, 0.15) is 25.3 Å². The summed E-state index contributed by atoms with van der Waals surface area (Å²) in [7, 11) is 1.83. The summed E-state index contributed by atoms with van der Waals surface area (Å²) in [5.41, 5.74) is 5.16. The molecule has 2 amide bonds. The van der Waals surface area contributed by atoms with E-state index >= 15 is 0 Å². The molecule has 0 spiro atoms. The number of piperazine rings is 1. The molecule has 2 aromatic rings. The molecule has 33 heavy (non-hydrogen) atoms. The molecule has 0 bridgehead atoms. The van der Waals surface area contributed by atoms with Gasteiger partial charge in [0.2, 0.25) is 0 Å². The second-order valence-corrected chi connectivity index (χ2v) is 9.04. The Bertz CT molecular complexity index is 917. The van der Waals surface area contributed by atoms with Gasteiger partial charge in [-0.2, -0.15) is 5.48 Å². The van der Waals surface area contributed by atoms with E-state index in [1.807, 2.05) is 24.1 Å². The van der Waals surface area contributed by atoms with Crippen molar-refractivity contribution in [1.29, 1.82) is 0 Å². The molecule has 0 aromatic heterocycles. The molecule has 2 heterocycles. The van der Waals surface area contributed by atoms with Gasteiger partial charge < -0.3 is 15.1 Å². The fourth-order valence-corrected chi connectivity index (χ4v) is 4.43. The zero-order valence-corrected chi connectivity index (χ0v) is 19.5. The molecular formula is C25H34FN5O2. The minimum Gasteiger partial charge on any atom is -0.408 e. The van der Waals surface area contributed by atoms with E-state index in [0.29, 0.717) is 24.9 Å². The van der Waals surface area contributed by atoms with Crippen molar-refractivity contribution in [1.82, 2.24) is 20.6 Å². The van der Waals surface area contributed by atoms with E-state index in [1.165, 1.54) is 17.7 Å². The zero-order chi connectivity index (χ0) is 23.2. The summed E-state index contributed by atoms with van der Waals surface area (Å²) in [5, 5.41) is 3.47. The van der Waals surface area contributed by atoms with Crippen LogP contribution in [0.5, 0.6) is 5.75 Å². The van der Waals surface area contributed by atoms with E-state index in [-0.39, 0.29) is 17.9 Å². The molecule has 0 saturated carbocycles. The van der Waals surface area contributed by atoms with Crippen LogP contribution >= 0.6 is 0 Å². The summed E-state index contributed by atoms with van der Waals surface area (Å²) in [4.78, 5) is 24.5. The molecule has 2 fully saturated rings. The van der Waals surface area contributed by atoms with Crippen molar-refractivity contribution in [3.63, 3.8) is 0 Å². The lowest BCUT2D eigenvalue weighted by molar-refractivity contribution is 0.111. The summed E-state index contributed by atoms with van der Waals surface area (Å²) in [6.45, 7) is 7.58. The molecule has 0 aliphatic carbocycles. The molecule has 2 saturated heterocycles.